The molecule has 4 rings (SSSR count). The lowest BCUT2D eigenvalue weighted by molar-refractivity contribution is 0.194. The lowest BCUT2D eigenvalue weighted by Gasteiger charge is -2.26. The molecule has 0 bridgehead atoms. The number of carbonyl (C=O) groups excluding carboxylic acids is 1. The summed E-state index contributed by atoms with van der Waals surface area (Å²) in [6.45, 7) is 2.99. The first kappa shape index (κ1) is 17.8. The molecule has 144 valence electrons. The van der Waals surface area contributed by atoms with Gasteiger partial charge in [0.05, 0.1) is 6.04 Å². The molecule has 0 unspecified atom stereocenters. The number of hydrogen-bond acceptors (Lipinski definition) is 3. The standard InChI is InChI=1S/C20H26FN5O/c1-24-12-9-22-19(24)18(15-3-4-15)23-20(27)26-11-2-10-25(13-14-26)17-7-5-16(21)6-8-17/h5-9,12,15,18H,2-4,10-11,13-14H2,1H3,(H,23,27)/t18-/m0/s1. The predicted molar refractivity (Wildman–Crippen MR) is 102 cm³/mol. The van der Waals surface area contributed by atoms with E-state index in [2.05, 4.69) is 15.2 Å². The highest BCUT2D eigenvalue weighted by molar-refractivity contribution is 5.75. The van der Waals surface area contributed by atoms with Crippen molar-refractivity contribution in [2.24, 2.45) is 13.0 Å². The van der Waals surface area contributed by atoms with Gasteiger partial charge in [-0.3, -0.25) is 0 Å². The van der Waals surface area contributed by atoms with Gasteiger partial charge in [0.25, 0.3) is 0 Å². The lowest BCUT2D eigenvalue weighted by atomic mass is 10.1. The Morgan fingerprint density at radius 1 is 1.19 bits per heavy atom. The van der Waals surface area contributed by atoms with E-state index < -0.39 is 0 Å². The fourth-order valence-corrected chi connectivity index (χ4v) is 3.75. The van der Waals surface area contributed by atoms with Crippen LogP contribution in [0.15, 0.2) is 36.7 Å². The second-order valence-electron chi connectivity index (χ2n) is 7.47. The number of nitrogens with one attached hydrogen (secondary N) is 1. The van der Waals surface area contributed by atoms with Gasteiger partial charge in [0, 0.05) is 51.3 Å². The van der Waals surface area contributed by atoms with Crippen molar-refractivity contribution in [1.82, 2.24) is 19.8 Å². The summed E-state index contributed by atoms with van der Waals surface area (Å²) in [4.78, 5) is 21.4. The molecule has 2 amide bonds. The average Bonchev–Trinajstić information content (AvgIpc) is 3.45. The maximum absolute atomic E-state index is 13.2. The van der Waals surface area contributed by atoms with Crippen LogP contribution in [0.25, 0.3) is 0 Å². The summed E-state index contributed by atoms with van der Waals surface area (Å²) < 4.78 is 15.1. The van der Waals surface area contributed by atoms with E-state index in [9.17, 15) is 9.18 Å². The third-order valence-electron chi connectivity index (χ3n) is 5.48. The van der Waals surface area contributed by atoms with Gasteiger partial charge < -0.3 is 19.7 Å². The SMILES string of the molecule is Cn1ccnc1[C@@H](NC(=O)N1CCCN(c2ccc(F)cc2)CC1)C1CC1. The Bertz CT molecular complexity index is 786. The van der Waals surface area contributed by atoms with Crippen LogP contribution >= 0.6 is 0 Å². The van der Waals surface area contributed by atoms with Crippen LogP contribution in [-0.4, -0.2) is 46.7 Å². The summed E-state index contributed by atoms with van der Waals surface area (Å²) in [7, 11) is 1.97. The number of aromatic nitrogens is 2. The first-order valence-electron chi connectivity index (χ1n) is 9.65. The molecule has 2 aliphatic rings. The third-order valence-corrected chi connectivity index (χ3v) is 5.48. The minimum Gasteiger partial charge on any atom is -0.370 e. The zero-order valence-electron chi connectivity index (χ0n) is 15.6. The summed E-state index contributed by atoms with van der Waals surface area (Å²) in [5, 5.41) is 3.22. The van der Waals surface area contributed by atoms with Gasteiger partial charge in [-0.05, 0) is 49.4 Å². The van der Waals surface area contributed by atoms with Crippen LogP contribution in [0.2, 0.25) is 0 Å². The summed E-state index contributed by atoms with van der Waals surface area (Å²) in [5.74, 6) is 1.18. The number of amides is 2. The zero-order chi connectivity index (χ0) is 18.8. The van der Waals surface area contributed by atoms with E-state index in [0.29, 0.717) is 12.5 Å². The Morgan fingerprint density at radius 2 is 1.96 bits per heavy atom. The van der Waals surface area contributed by atoms with Crippen LogP contribution in [0.5, 0.6) is 0 Å². The number of imidazole rings is 1. The third kappa shape index (κ3) is 4.07. The number of urea groups is 1. The van der Waals surface area contributed by atoms with Gasteiger partial charge in [0.1, 0.15) is 11.6 Å². The quantitative estimate of drug-likeness (QED) is 0.899. The normalized spacial score (nSPS) is 18.9. The van der Waals surface area contributed by atoms with Crippen LogP contribution < -0.4 is 10.2 Å². The molecule has 7 heteroatoms. The Hall–Kier alpha value is -2.57. The van der Waals surface area contributed by atoms with Gasteiger partial charge >= 0.3 is 6.03 Å². The van der Waals surface area contributed by atoms with Crippen molar-refractivity contribution in [2.75, 3.05) is 31.1 Å². The van der Waals surface area contributed by atoms with Gasteiger partial charge in [-0.1, -0.05) is 0 Å². The first-order chi connectivity index (χ1) is 13.1. The Morgan fingerprint density at radius 3 is 2.63 bits per heavy atom. The highest BCUT2D eigenvalue weighted by Crippen LogP contribution is 2.40. The molecule has 2 aromatic rings. The van der Waals surface area contributed by atoms with Crippen molar-refractivity contribution < 1.29 is 9.18 Å². The molecular weight excluding hydrogens is 345 g/mol. The molecule has 1 aliphatic heterocycles. The van der Waals surface area contributed by atoms with Crippen molar-refractivity contribution in [3.05, 3.63) is 48.3 Å². The average molecular weight is 371 g/mol. The van der Waals surface area contributed by atoms with Crippen molar-refractivity contribution in [2.45, 2.75) is 25.3 Å². The van der Waals surface area contributed by atoms with Crippen LogP contribution in [-0.2, 0) is 7.05 Å². The molecule has 2 fully saturated rings. The predicted octanol–water partition coefficient (Wildman–Crippen LogP) is 2.93. The maximum atomic E-state index is 13.2. The fraction of sp³-hybridized carbons (Fsp3) is 0.500. The van der Waals surface area contributed by atoms with Gasteiger partial charge in [-0.15, -0.1) is 0 Å². The number of carbonyl (C=O) groups is 1. The number of nitrogens with zero attached hydrogens (tertiary/aromatic N) is 4. The second kappa shape index (κ2) is 7.58. The molecule has 1 atom stereocenters. The van der Waals surface area contributed by atoms with Crippen molar-refractivity contribution in [3.8, 4) is 0 Å². The Labute approximate surface area is 159 Å². The molecule has 1 N–H and O–H groups in total. The highest BCUT2D eigenvalue weighted by atomic mass is 19.1. The van der Waals surface area contributed by atoms with Crippen LogP contribution in [0.4, 0.5) is 14.9 Å². The van der Waals surface area contributed by atoms with Crippen molar-refractivity contribution >= 4 is 11.7 Å². The topological polar surface area (TPSA) is 53.4 Å². The number of hydrogen-bond donors (Lipinski definition) is 1. The smallest absolute Gasteiger partial charge is 0.318 e. The second-order valence-corrected chi connectivity index (χ2v) is 7.47. The molecule has 2 heterocycles. The highest BCUT2D eigenvalue weighted by Gasteiger charge is 2.36. The monoisotopic (exact) mass is 371 g/mol. The molecule has 1 aromatic heterocycles. The van der Waals surface area contributed by atoms with Crippen molar-refractivity contribution in [3.63, 3.8) is 0 Å². The van der Waals surface area contributed by atoms with E-state index in [4.69, 9.17) is 0 Å². The van der Waals surface area contributed by atoms with E-state index in [1.807, 2.05) is 22.7 Å². The summed E-state index contributed by atoms with van der Waals surface area (Å²) in [5.41, 5.74) is 1.00. The zero-order valence-corrected chi connectivity index (χ0v) is 15.6. The lowest BCUT2D eigenvalue weighted by Crippen LogP contribution is -2.44. The molecule has 0 radical (unpaired) electrons. The summed E-state index contributed by atoms with van der Waals surface area (Å²) in [6.07, 6.45) is 6.86. The number of aryl methyl sites for hydroxylation is 1. The Balaban J connectivity index is 1.39. The fourth-order valence-electron chi connectivity index (χ4n) is 3.75. The van der Waals surface area contributed by atoms with E-state index in [1.54, 1.807) is 18.3 Å². The maximum Gasteiger partial charge on any atom is 0.318 e. The molecule has 6 nitrogen and oxygen atoms in total. The molecular formula is C20H26FN5O. The number of halogens is 1. The molecule has 1 saturated heterocycles. The Kier molecular flexibility index (Phi) is 5.01. The molecule has 1 saturated carbocycles. The van der Waals surface area contributed by atoms with Gasteiger partial charge in [-0.25, -0.2) is 14.2 Å². The number of anilines is 1. The number of benzene rings is 1. The molecule has 27 heavy (non-hydrogen) atoms. The van der Waals surface area contributed by atoms with Crippen LogP contribution in [0, 0.1) is 11.7 Å². The van der Waals surface area contributed by atoms with Crippen LogP contribution in [0.3, 0.4) is 0 Å². The first-order valence-corrected chi connectivity index (χ1v) is 9.65. The van der Waals surface area contributed by atoms with Gasteiger partial charge in [0.2, 0.25) is 0 Å². The van der Waals surface area contributed by atoms with Crippen molar-refractivity contribution in [1.29, 1.82) is 0 Å². The number of rotatable bonds is 4. The van der Waals surface area contributed by atoms with E-state index in [-0.39, 0.29) is 17.9 Å². The largest absolute Gasteiger partial charge is 0.370 e. The molecule has 1 aromatic carbocycles. The van der Waals surface area contributed by atoms with E-state index in [1.165, 1.54) is 12.1 Å². The molecule has 0 spiro atoms. The summed E-state index contributed by atoms with van der Waals surface area (Å²) >= 11 is 0. The molecule has 1 aliphatic carbocycles. The van der Waals surface area contributed by atoms with Crippen LogP contribution in [0.1, 0.15) is 31.1 Å². The van der Waals surface area contributed by atoms with Gasteiger partial charge in [0.15, 0.2) is 0 Å². The minimum absolute atomic E-state index is 0.0177. The van der Waals surface area contributed by atoms with E-state index >= 15 is 0 Å². The summed E-state index contributed by atoms with van der Waals surface area (Å²) in [6, 6.07) is 6.53. The minimum atomic E-state index is -0.227. The van der Waals surface area contributed by atoms with E-state index in [0.717, 1.165) is 50.4 Å². The van der Waals surface area contributed by atoms with Gasteiger partial charge in [-0.2, -0.15) is 0 Å².